The number of thiophene rings is 1. The number of aliphatic carboxylic acids is 1. The topological polar surface area (TPSA) is 57.6 Å². The molecule has 1 aliphatic rings. The molecule has 0 saturated carbocycles. The molecule has 1 aromatic rings. The van der Waals surface area contributed by atoms with Crippen LogP contribution in [0.4, 0.5) is 0 Å². The van der Waals surface area contributed by atoms with Crippen LogP contribution in [0.1, 0.15) is 24.1 Å². The van der Waals surface area contributed by atoms with Gasteiger partial charge in [0.2, 0.25) is 5.91 Å². The molecule has 1 saturated heterocycles. The average molecular weight is 334 g/mol. The molecule has 1 aromatic heterocycles. The molecule has 2 heterocycles. The van der Waals surface area contributed by atoms with E-state index in [0.717, 1.165) is 27.8 Å². The van der Waals surface area contributed by atoms with Crippen molar-refractivity contribution in [1.82, 2.24) is 4.90 Å². The number of likely N-dealkylation sites (tertiary alicyclic amines) is 1. The van der Waals surface area contributed by atoms with E-state index >= 15 is 0 Å². The Morgan fingerprint density at radius 3 is 2.90 bits per heavy atom. The highest BCUT2D eigenvalue weighted by molar-refractivity contribution is 7.99. The summed E-state index contributed by atoms with van der Waals surface area (Å²) in [4.78, 5) is 25.9. The smallest absolute Gasteiger partial charge is 0.326 e. The molecule has 1 N–H and O–H groups in total. The quantitative estimate of drug-likeness (QED) is 0.899. The predicted octanol–water partition coefficient (Wildman–Crippen LogP) is 3.10. The fourth-order valence-corrected chi connectivity index (χ4v) is 4.35. The van der Waals surface area contributed by atoms with Crippen molar-refractivity contribution in [3.63, 3.8) is 0 Å². The Balaban J connectivity index is 1.82. The monoisotopic (exact) mass is 333 g/mol. The third kappa shape index (κ3) is 4.14. The van der Waals surface area contributed by atoms with Crippen LogP contribution in [0.15, 0.2) is 12.1 Å². The molecule has 1 atom stereocenters. The number of carboxylic acids is 1. The Morgan fingerprint density at radius 1 is 1.45 bits per heavy atom. The van der Waals surface area contributed by atoms with Crippen LogP contribution >= 0.6 is 34.7 Å². The molecule has 1 aliphatic heterocycles. The fourth-order valence-electron chi connectivity index (χ4n) is 2.24. The summed E-state index contributed by atoms with van der Waals surface area (Å²) < 4.78 is 0.744. The predicted molar refractivity (Wildman–Crippen MR) is 82.5 cm³/mol. The van der Waals surface area contributed by atoms with Gasteiger partial charge in [0.05, 0.1) is 10.1 Å². The number of halogens is 1. The van der Waals surface area contributed by atoms with Crippen molar-refractivity contribution in [2.45, 2.75) is 31.1 Å². The van der Waals surface area contributed by atoms with E-state index in [-0.39, 0.29) is 5.91 Å². The number of carbonyl (C=O) groups is 2. The molecular weight excluding hydrogens is 318 g/mol. The fraction of sp³-hybridized carbons (Fsp3) is 0.538. The van der Waals surface area contributed by atoms with Gasteiger partial charge in [-0.15, -0.1) is 23.1 Å². The largest absolute Gasteiger partial charge is 0.480 e. The minimum atomic E-state index is -0.895. The van der Waals surface area contributed by atoms with E-state index in [1.54, 1.807) is 0 Å². The van der Waals surface area contributed by atoms with Gasteiger partial charge < -0.3 is 10.0 Å². The van der Waals surface area contributed by atoms with Gasteiger partial charge in [-0.2, -0.15) is 0 Å². The Bertz CT molecular complexity index is 492. The molecule has 0 spiro atoms. The van der Waals surface area contributed by atoms with Crippen molar-refractivity contribution >= 4 is 46.6 Å². The Labute approximate surface area is 131 Å². The van der Waals surface area contributed by atoms with Gasteiger partial charge in [-0.1, -0.05) is 11.6 Å². The first-order valence-electron chi connectivity index (χ1n) is 6.42. The highest BCUT2D eigenvalue weighted by Gasteiger charge is 2.31. The lowest BCUT2D eigenvalue weighted by Gasteiger charge is -2.32. The second-order valence-electron chi connectivity index (χ2n) is 4.64. The van der Waals surface area contributed by atoms with Crippen molar-refractivity contribution in [1.29, 1.82) is 0 Å². The van der Waals surface area contributed by atoms with Gasteiger partial charge in [-0.25, -0.2) is 4.79 Å². The van der Waals surface area contributed by atoms with E-state index in [4.69, 9.17) is 16.7 Å². The lowest BCUT2D eigenvalue weighted by atomic mass is 10.0. The van der Waals surface area contributed by atoms with E-state index in [9.17, 15) is 9.59 Å². The maximum Gasteiger partial charge on any atom is 0.326 e. The molecule has 1 amide bonds. The second kappa shape index (κ2) is 7.33. The van der Waals surface area contributed by atoms with Gasteiger partial charge in [0, 0.05) is 17.2 Å². The van der Waals surface area contributed by atoms with Crippen LogP contribution in [0.3, 0.4) is 0 Å². The minimum Gasteiger partial charge on any atom is -0.480 e. The molecule has 110 valence electrons. The van der Waals surface area contributed by atoms with Gasteiger partial charge in [-0.3, -0.25) is 4.79 Å². The summed E-state index contributed by atoms with van der Waals surface area (Å²) in [6.07, 6.45) is 2.33. The molecule has 7 heteroatoms. The number of nitrogens with zero attached hydrogens (tertiary/aromatic N) is 1. The first-order chi connectivity index (χ1) is 9.58. The third-order valence-corrected chi connectivity index (χ3v) is 5.59. The van der Waals surface area contributed by atoms with Crippen molar-refractivity contribution in [3.8, 4) is 0 Å². The summed E-state index contributed by atoms with van der Waals surface area (Å²) >= 11 is 8.86. The molecule has 0 radical (unpaired) electrons. The molecular formula is C13H16ClNO3S2. The van der Waals surface area contributed by atoms with E-state index in [2.05, 4.69) is 0 Å². The molecule has 4 nitrogen and oxygen atoms in total. The number of rotatable bonds is 5. The van der Waals surface area contributed by atoms with Crippen LogP contribution in [-0.4, -0.2) is 40.2 Å². The number of amides is 1. The van der Waals surface area contributed by atoms with Crippen molar-refractivity contribution < 1.29 is 14.7 Å². The number of hydrogen-bond acceptors (Lipinski definition) is 4. The number of carbonyl (C=O) groups excluding carboxylic acids is 1. The first kappa shape index (κ1) is 15.7. The Hall–Kier alpha value is -0.720. The lowest BCUT2D eigenvalue weighted by Crippen LogP contribution is -2.48. The summed E-state index contributed by atoms with van der Waals surface area (Å²) in [6.45, 7) is 0.557. The zero-order chi connectivity index (χ0) is 14.5. The maximum absolute atomic E-state index is 12.1. The number of piperidine rings is 1. The lowest BCUT2D eigenvalue weighted by molar-refractivity contribution is -0.150. The normalized spacial score (nSPS) is 19.1. The number of carboxylic acid groups (broad SMARTS) is 1. The van der Waals surface area contributed by atoms with Crippen LogP contribution in [0, 0.1) is 0 Å². The van der Waals surface area contributed by atoms with Gasteiger partial charge >= 0.3 is 5.97 Å². The van der Waals surface area contributed by atoms with Gasteiger partial charge in [0.25, 0.3) is 0 Å². The molecule has 0 aromatic carbocycles. The van der Waals surface area contributed by atoms with Crippen molar-refractivity contribution in [2.75, 3.05) is 12.3 Å². The van der Waals surface area contributed by atoms with E-state index in [1.165, 1.54) is 28.0 Å². The molecule has 20 heavy (non-hydrogen) atoms. The molecule has 0 bridgehead atoms. The van der Waals surface area contributed by atoms with Crippen LogP contribution < -0.4 is 0 Å². The summed E-state index contributed by atoms with van der Waals surface area (Å²) in [6, 6.07) is 3.15. The average Bonchev–Trinajstić information content (AvgIpc) is 2.84. The summed E-state index contributed by atoms with van der Waals surface area (Å²) in [5, 5.41) is 9.15. The van der Waals surface area contributed by atoms with Crippen LogP contribution in [-0.2, 0) is 15.3 Å². The highest BCUT2D eigenvalue weighted by Crippen LogP contribution is 2.26. The standard InChI is InChI=1S/C13H16ClNO3S2/c14-11-5-4-9(20-11)7-19-8-12(16)15-6-2-1-3-10(15)13(17)18/h4-5,10H,1-3,6-8H2,(H,17,18)/t10-/m0/s1. The molecule has 1 fully saturated rings. The van der Waals surface area contributed by atoms with Gasteiger partial charge in [0.15, 0.2) is 0 Å². The van der Waals surface area contributed by atoms with Crippen LogP contribution in [0.25, 0.3) is 0 Å². The third-order valence-electron chi connectivity index (χ3n) is 3.21. The van der Waals surface area contributed by atoms with Crippen LogP contribution in [0.5, 0.6) is 0 Å². The molecule has 0 unspecified atom stereocenters. The number of thioether (sulfide) groups is 1. The van der Waals surface area contributed by atoms with Gasteiger partial charge in [-0.05, 0) is 31.4 Å². The van der Waals surface area contributed by atoms with E-state index in [1.807, 2.05) is 12.1 Å². The van der Waals surface area contributed by atoms with Gasteiger partial charge in [0.1, 0.15) is 6.04 Å². The molecule has 0 aliphatic carbocycles. The maximum atomic E-state index is 12.1. The SMILES string of the molecule is O=C(O)[C@@H]1CCCCN1C(=O)CSCc1ccc(Cl)s1. The van der Waals surface area contributed by atoms with Crippen LogP contribution in [0.2, 0.25) is 4.34 Å². The zero-order valence-corrected chi connectivity index (χ0v) is 13.3. The van der Waals surface area contributed by atoms with E-state index < -0.39 is 12.0 Å². The number of hydrogen-bond donors (Lipinski definition) is 1. The molecule has 2 rings (SSSR count). The Morgan fingerprint density at radius 2 is 2.25 bits per heavy atom. The van der Waals surface area contributed by atoms with Crippen molar-refractivity contribution in [3.05, 3.63) is 21.3 Å². The highest BCUT2D eigenvalue weighted by atomic mass is 35.5. The summed E-state index contributed by atoms with van der Waals surface area (Å²) in [7, 11) is 0. The minimum absolute atomic E-state index is 0.0789. The Kier molecular flexibility index (Phi) is 5.74. The second-order valence-corrected chi connectivity index (χ2v) is 7.42. The van der Waals surface area contributed by atoms with Crippen molar-refractivity contribution in [2.24, 2.45) is 0 Å². The van der Waals surface area contributed by atoms with E-state index in [0.29, 0.717) is 18.7 Å². The summed E-state index contributed by atoms with van der Waals surface area (Å²) in [5.74, 6) is 0.0754. The first-order valence-corrected chi connectivity index (χ1v) is 8.77. The zero-order valence-electron chi connectivity index (χ0n) is 10.9. The summed E-state index contributed by atoms with van der Waals surface area (Å²) in [5.41, 5.74) is 0.